The third kappa shape index (κ3) is 4.56. The molecule has 0 heterocycles. The topological polar surface area (TPSA) is 106 Å². The Kier molecular flexibility index (Phi) is 4.76. The first-order valence-corrected chi connectivity index (χ1v) is 9.18. The van der Waals surface area contributed by atoms with E-state index in [1.807, 2.05) is 0 Å². The van der Waals surface area contributed by atoms with Crippen LogP contribution in [0.2, 0.25) is 0 Å². The maximum Gasteiger partial charge on any atom is 0.241 e. The van der Waals surface area contributed by atoms with Crippen LogP contribution in [0.5, 0.6) is 0 Å². The second-order valence-electron chi connectivity index (χ2n) is 3.72. The van der Waals surface area contributed by atoms with Crippen molar-refractivity contribution in [2.24, 2.45) is 0 Å². The van der Waals surface area contributed by atoms with E-state index in [0.717, 1.165) is 6.26 Å². The molecule has 0 saturated carbocycles. The lowest BCUT2D eigenvalue weighted by Crippen LogP contribution is -2.29. The minimum absolute atomic E-state index is 0.0176. The molecule has 0 aliphatic heterocycles. The van der Waals surface area contributed by atoms with Crippen molar-refractivity contribution in [3.05, 3.63) is 22.7 Å². The fourth-order valence-electron chi connectivity index (χ4n) is 1.17. The van der Waals surface area contributed by atoms with E-state index in [0.29, 0.717) is 10.2 Å². The van der Waals surface area contributed by atoms with Crippen LogP contribution in [0.15, 0.2) is 27.6 Å². The summed E-state index contributed by atoms with van der Waals surface area (Å²) in [6.07, 6.45) is 1.04. The van der Waals surface area contributed by atoms with Crippen LogP contribution >= 0.6 is 15.9 Å². The molecule has 6 nitrogen and oxygen atoms in total. The summed E-state index contributed by atoms with van der Waals surface area (Å²) in [5.41, 5.74) is 5.82. The molecule has 0 amide bonds. The quantitative estimate of drug-likeness (QED) is 0.740. The Bertz CT molecular complexity index is 641. The van der Waals surface area contributed by atoms with Crippen LogP contribution in [-0.4, -0.2) is 35.4 Å². The molecule has 0 fully saturated rings. The Morgan fingerprint density at radius 2 is 1.89 bits per heavy atom. The number of rotatable bonds is 5. The van der Waals surface area contributed by atoms with E-state index in [2.05, 4.69) is 20.7 Å². The van der Waals surface area contributed by atoms with Crippen LogP contribution in [0.4, 0.5) is 5.69 Å². The molecule has 0 spiro atoms. The molecule has 1 aromatic carbocycles. The number of sulfone groups is 1. The number of sulfonamides is 1. The minimum atomic E-state index is -3.78. The Labute approximate surface area is 115 Å². The number of anilines is 1. The smallest absolute Gasteiger partial charge is 0.241 e. The number of nitrogen functional groups attached to an aromatic ring is 1. The number of nitrogens with one attached hydrogen (secondary N) is 1. The van der Waals surface area contributed by atoms with E-state index in [1.165, 1.54) is 12.1 Å². The number of hydrogen-bond donors (Lipinski definition) is 2. The summed E-state index contributed by atoms with van der Waals surface area (Å²) < 4.78 is 48.2. The van der Waals surface area contributed by atoms with E-state index in [9.17, 15) is 16.8 Å². The average molecular weight is 357 g/mol. The molecular formula is C9H13BrN2O4S2. The number of hydrogen-bond acceptors (Lipinski definition) is 5. The summed E-state index contributed by atoms with van der Waals surface area (Å²) in [5.74, 6) is -0.258. The van der Waals surface area contributed by atoms with Gasteiger partial charge in [0.05, 0.1) is 10.6 Å². The van der Waals surface area contributed by atoms with Crippen LogP contribution in [0.3, 0.4) is 0 Å². The molecular weight excluding hydrogens is 344 g/mol. The lowest BCUT2D eigenvalue weighted by atomic mass is 10.3. The highest BCUT2D eigenvalue weighted by Gasteiger charge is 2.18. The predicted octanol–water partition coefficient (Wildman–Crippen LogP) is 0.354. The fourth-order valence-corrected chi connectivity index (χ4v) is 3.80. The maximum absolute atomic E-state index is 11.9. The summed E-state index contributed by atoms with van der Waals surface area (Å²) >= 11 is 3.10. The van der Waals surface area contributed by atoms with Crippen molar-refractivity contribution in [3.8, 4) is 0 Å². The van der Waals surface area contributed by atoms with Gasteiger partial charge in [0.25, 0.3) is 0 Å². The van der Waals surface area contributed by atoms with E-state index < -0.39 is 19.9 Å². The van der Waals surface area contributed by atoms with Crippen molar-refractivity contribution in [1.29, 1.82) is 0 Å². The van der Waals surface area contributed by atoms with Gasteiger partial charge in [-0.1, -0.05) is 0 Å². The van der Waals surface area contributed by atoms with Gasteiger partial charge in [0.1, 0.15) is 9.84 Å². The summed E-state index contributed by atoms with van der Waals surface area (Å²) in [4.78, 5) is -0.0176. The van der Waals surface area contributed by atoms with Gasteiger partial charge in [0, 0.05) is 23.0 Å². The lowest BCUT2D eigenvalue weighted by Gasteiger charge is -2.08. The zero-order valence-electron chi connectivity index (χ0n) is 9.55. The normalized spacial score (nSPS) is 12.6. The second-order valence-corrected chi connectivity index (χ2v) is 8.57. The lowest BCUT2D eigenvalue weighted by molar-refractivity contribution is 0.581. The van der Waals surface area contributed by atoms with E-state index in [1.54, 1.807) is 6.07 Å². The monoisotopic (exact) mass is 356 g/mol. The van der Waals surface area contributed by atoms with Gasteiger partial charge in [0.15, 0.2) is 0 Å². The molecule has 0 aliphatic carbocycles. The van der Waals surface area contributed by atoms with Crippen molar-refractivity contribution in [2.45, 2.75) is 4.90 Å². The van der Waals surface area contributed by atoms with Gasteiger partial charge in [-0.3, -0.25) is 0 Å². The van der Waals surface area contributed by atoms with Gasteiger partial charge in [-0.15, -0.1) is 0 Å². The highest BCUT2D eigenvalue weighted by atomic mass is 79.9. The van der Waals surface area contributed by atoms with Gasteiger partial charge in [-0.05, 0) is 34.1 Å². The van der Waals surface area contributed by atoms with Crippen molar-refractivity contribution in [1.82, 2.24) is 4.72 Å². The van der Waals surface area contributed by atoms with Gasteiger partial charge < -0.3 is 5.73 Å². The first kappa shape index (κ1) is 15.4. The standard InChI is InChI=1S/C9H13BrN2O4S2/c1-17(13,14)5-4-12-18(15,16)9-6-7(11)2-3-8(9)10/h2-3,6,12H,4-5,11H2,1H3. The van der Waals surface area contributed by atoms with Gasteiger partial charge >= 0.3 is 0 Å². The molecule has 3 N–H and O–H groups in total. The van der Waals surface area contributed by atoms with Crippen LogP contribution < -0.4 is 10.5 Å². The molecule has 102 valence electrons. The summed E-state index contributed by atoms with van der Waals surface area (Å²) in [7, 11) is -6.99. The Hall–Kier alpha value is -0.640. The van der Waals surface area contributed by atoms with Crippen molar-refractivity contribution < 1.29 is 16.8 Å². The third-order valence-electron chi connectivity index (χ3n) is 2.01. The van der Waals surface area contributed by atoms with Gasteiger partial charge in [-0.2, -0.15) is 0 Å². The maximum atomic E-state index is 11.9. The van der Waals surface area contributed by atoms with Gasteiger partial charge in [0.2, 0.25) is 10.0 Å². The van der Waals surface area contributed by atoms with E-state index in [-0.39, 0.29) is 17.2 Å². The first-order chi connectivity index (χ1) is 8.12. The van der Waals surface area contributed by atoms with Crippen molar-refractivity contribution >= 4 is 41.5 Å². The molecule has 1 aromatic rings. The third-order valence-corrected chi connectivity index (χ3v) is 5.41. The summed E-state index contributed by atoms with van der Waals surface area (Å²) in [6.45, 7) is -0.178. The van der Waals surface area contributed by atoms with E-state index in [4.69, 9.17) is 5.73 Å². The minimum Gasteiger partial charge on any atom is -0.399 e. The summed E-state index contributed by atoms with van der Waals surface area (Å²) in [6, 6.07) is 4.37. The molecule has 1 rings (SSSR count). The predicted molar refractivity (Wildman–Crippen MR) is 73.5 cm³/mol. The molecule has 0 bridgehead atoms. The molecule has 0 saturated heterocycles. The largest absolute Gasteiger partial charge is 0.399 e. The highest BCUT2D eigenvalue weighted by molar-refractivity contribution is 9.10. The Morgan fingerprint density at radius 3 is 2.44 bits per heavy atom. The average Bonchev–Trinajstić information content (AvgIpc) is 2.19. The van der Waals surface area contributed by atoms with Gasteiger partial charge in [-0.25, -0.2) is 21.6 Å². The fraction of sp³-hybridized carbons (Fsp3) is 0.333. The van der Waals surface area contributed by atoms with Crippen molar-refractivity contribution in [3.63, 3.8) is 0 Å². The molecule has 18 heavy (non-hydrogen) atoms. The SMILES string of the molecule is CS(=O)(=O)CCNS(=O)(=O)c1cc(N)ccc1Br. The summed E-state index contributed by atoms with van der Waals surface area (Å²) in [5, 5.41) is 0. The zero-order chi connectivity index (χ0) is 14.0. The van der Waals surface area contributed by atoms with Crippen molar-refractivity contribution in [2.75, 3.05) is 24.3 Å². The van der Waals surface area contributed by atoms with Crippen LogP contribution in [0.25, 0.3) is 0 Å². The Balaban J connectivity index is 2.90. The molecule has 0 aliphatic rings. The van der Waals surface area contributed by atoms with E-state index >= 15 is 0 Å². The Morgan fingerprint density at radius 1 is 1.28 bits per heavy atom. The van der Waals surface area contributed by atoms with Crippen LogP contribution in [0, 0.1) is 0 Å². The molecule has 0 radical (unpaired) electrons. The highest BCUT2D eigenvalue weighted by Crippen LogP contribution is 2.23. The molecule has 9 heteroatoms. The van der Waals surface area contributed by atoms with Crippen LogP contribution in [-0.2, 0) is 19.9 Å². The van der Waals surface area contributed by atoms with Crippen LogP contribution in [0.1, 0.15) is 0 Å². The number of halogens is 1. The second kappa shape index (κ2) is 5.55. The number of nitrogens with two attached hydrogens (primary N) is 1. The molecule has 0 atom stereocenters. The zero-order valence-corrected chi connectivity index (χ0v) is 12.8. The molecule has 0 aromatic heterocycles. The molecule has 0 unspecified atom stereocenters. The number of benzene rings is 1. The first-order valence-electron chi connectivity index (χ1n) is 4.84.